The summed E-state index contributed by atoms with van der Waals surface area (Å²) < 4.78 is 10.2. The van der Waals surface area contributed by atoms with Crippen LogP contribution >= 0.6 is 23.8 Å². The van der Waals surface area contributed by atoms with Crippen molar-refractivity contribution in [2.75, 3.05) is 26.9 Å². The highest BCUT2D eigenvalue weighted by Gasteiger charge is 2.07. The van der Waals surface area contributed by atoms with Gasteiger partial charge in [0.05, 0.1) is 5.02 Å². The first-order chi connectivity index (χ1) is 9.54. The zero-order valence-electron chi connectivity index (χ0n) is 11.1. The van der Waals surface area contributed by atoms with Crippen LogP contribution in [0.2, 0.25) is 5.02 Å². The van der Waals surface area contributed by atoms with E-state index in [0.29, 0.717) is 29.5 Å². The van der Waals surface area contributed by atoms with E-state index in [9.17, 15) is 4.79 Å². The topological polar surface area (TPSA) is 73.6 Å². The van der Waals surface area contributed by atoms with Crippen molar-refractivity contribution in [2.24, 2.45) is 5.73 Å². The predicted octanol–water partition coefficient (Wildman–Crippen LogP) is 1.51. The van der Waals surface area contributed by atoms with Gasteiger partial charge in [-0.3, -0.25) is 4.79 Å². The third kappa shape index (κ3) is 5.73. The van der Waals surface area contributed by atoms with Crippen molar-refractivity contribution < 1.29 is 14.3 Å². The quantitative estimate of drug-likeness (QED) is 0.562. The summed E-state index contributed by atoms with van der Waals surface area (Å²) in [7, 11) is 1.61. The largest absolute Gasteiger partial charge is 0.482 e. The molecule has 0 aliphatic rings. The highest BCUT2D eigenvalue weighted by Crippen LogP contribution is 2.25. The zero-order chi connectivity index (χ0) is 15.0. The molecule has 5 nitrogen and oxygen atoms in total. The highest BCUT2D eigenvalue weighted by atomic mass is 35.5. The number of thiocarbonyl (C=S) groups is 1. The van der Waals surface area contributed by atoms with Gasteiger partial charge in [0.2, 0.25) is 0 Å². The number of methoxy groups -OCH3 is 1. The number of rotatable bonds is 8. The van der Waals surface area contributed by atoms with E-state index in [-0.39, 0.29) is 17.5 Å². The van der Waals surface area contributed by atoms with Crippen molar-refractivity contribution in [3.05, 3.63) is 28.8 Å². The average molecular weight is 317 g/mol. The number of amides is 1. The van der Waals surface area contributed by atoms with E-state index in [0.717, 1.165) is 6.42 Å². The molecule has 0 bridgehead atoms. The van der Waals surface area contributed by atoms with Crippen LogP contribution in [-0.4, -0.2) is 37.8 Å². The Hall–Kier alpha value is -1.37. The van der Waals surface area contributed by atoms with Crippen molar-refractivity contribution in [3.8, 4) is 5.75 Å². The molecule has 0 aliphatic heterocycles. The second-order valence-electron chi connectivity index (χ2n) is 3.99. The minimum atomic E-state index is -0.212. The molecule has 0 aromatic heterocycles. The van der Waals surface area contributed by atoms with Gasteiger partial charge in [0, 0.05) is 25.8 Å². The average Bonchev–Trinajstić information content (AvgIpc) is 2.42. The van der Waals surface area contributed by atoms with Crippen molar-refractivity contribution in [1.29, 1.82) is 0 Å². The predicted molar refractivity (Wildman–Crippen MR) is 82.3 cm³/mol. The molecular weight excluding hydrogens is 300 g/mol. The minimum absolute atomic E-state index is 0.0981. The summed E-state index contributed by atoms with van der Waals surface area (Å²) in [5.74, 6) is 0.203. The maximum absolute atomic E-state index is 11.5. The minimum Gasteiger partial charge on any atom is -0.482 e. The fraction of sp³-hybridized carbons (Fsp3) is 0.385. The molecule has 0 saturated carbocycles. The Labute approximate surface area is 128 Å². The van der Waals surface area contributed by atoms with Crippen molar-refractivity contribution in [3.63, 3.8) is 0 Å². The van der Waals surface area contributed by atoms with Crippen LogP contribution in [0.3, 0.4) is 0 Å². The van der Waals surface area contributed by atoms with E-state index in [1.807, 2.05) is 0 Å². The number of ether oxygens (including phenoxy) is 2. The lowest BCUT2D eigenvalue weighted by molar-refractivity contribution is -0.123. The van der Waals surface area contributed by atoms with Crippen molar-refractivity contribution >= 4 is 34.7 Å². The van der Waals surface area contributed by atoms with Crippen LogP contribution < -0.4 is 15.8 Å². The van der Waals surface area contributed by atoms with Crippen LogP contribution in [0.4, 0.5) is 0 Å². The SMILES string of the molecule is COCCCNC(=O)COc1ccc(C(N)=S)cc1Cl. The molecule has 1 aromatic rings. The summed E-state index contributed by atoms with van der Waals surface area (Å²) in [5, 5.41) is 3.07. The van der Waals surface area contributed by atoms with E-state index >= 15 is 0 Å². The number of carbonyl (C=O) groups excluding carboxylic acids is 1. The monoisotopic (exact) mass is 316 g/mol. The number of carbonyl (C=O) groups is 1. The Morgan fingerprint density at radius 3 is 2.85 bits per heavy atom. The molecule has 7 heteroatoms. The standard InChI is InChI=1S/C13H17ClN2O3S/c1-18-6-2-5-16-12(17)8-19-11-4-3-9(13(15)20)7-10(11)14/h3-4,7H,2,5-6,8H2,1H3,(H2,15,20)(H,16,17). The smallest absolute Gasteiger partial charge is 0.257 e. The van der Waals surface area contributed by atoms with Gasteiger partial charge in [0.1, 0.15) is 10.7 Å². The molecule has 0 spiro atoms. The van der Waals surface area contributed by atoms with Gasteiger partial charge in [-0.05, 0) is 24.6 Å². The van der Waals surface area contributed by atoms with Gasteiger partial charge in [0.25, 0.3) is 5.91 Å². The number of nitrogens with one attached hydrogen (secondary N) is 1. The molecule has 110 valence electrons. The summed E-state index contributed by atoms with van der Waals surface area (Å²) in [6, 6.07) is 4.94. The Kier molecular flexibility index (Phi) is 7.28. The molecule has 3 N–H and O–H groups in total. The first kappa shape index (κ1) is 16.7. The molecule has 1 amide bonds. The van der Waals surface area contributed by atoms with E-state index in [4.69, 9.17) is 39.0 Å². The van der Waals surface area contributed by atoms with Crippen molar-refractivity contribution in [2.45, 2.75) is 6.42 Å². The lowest BCUT2D eigenvalue weighted by Gasteiger charge is -2.09. The molecular formula is C13H17ClN2O3S. The normalized spacial score (nSPS) is 10.1. The first-order valence-corrected chi connectivity index (χ1v) is 6.81. The zero-order valence-corrected chi connectivity index (χ0v) is 12.7. The molecule has 0 fully saturated rings. The van der Waals surface area contributed by atoms with Crippen LogP contribution in [0.15, 0.2) is 18.2 Å². The molecule has 1 rings (SSSR count). The van der Waals surface area contributed by atoms with E-state index in [2.05, 4.69) is 5.32 Å². The number of hydrogen-bond donors (Lipinski definition) is 2. The molecule has 0 saturated heterocycles. The summed E-state index contributed by atoms with van der Waals surface area (Å²) in [6.07, 6.45) is 0.756. The summed E-state index contributed by atoms with van der Waals surface area (Å²) in [6.45, 7) is 1.05. The number of benzene rings is 1. The van der Waals surface area contributed by atoms with Gasteiger partial charge in [-0.25, -0.2) is 0 Å². The van der Waals surface area contributed by atoms with Gasteiger partial charge in [-0.2, -0.15) is 0 Å². The van der Waals surface area contributed by atoms with Crippen molar-refractivity contribution in [1.82, 2.24) is 5.32 Å². The van der Waals surface area contributed by atoms with Gasteiger partial charge in [-0.15, -0.1) is 0 Å². The Morgan fingerprint density at radius 2 is 2.25 bits per heavy atom. The van der Waals surface area contributed by atoms with Crippen LogP contribution in [0.5, 0.6) is 5.75 Å². The lowest BCUT2D eigenvalue weighted by atomic mass is 10.2. The van der Waals surface area contributed by atoms with Crippen LogP contribution in [0.1, 0.15) is 12.0 Å². The van der Waals surface area contributed by atoms with E-state index in [1.165, 1.54) is 0 Å². The molecule has 1 aromatic carbocycles. The summed E-state index contributed by atoms with van der Waals surface area (Å²) in [5.41, 5.74) is 6.15. The van der Waals surface area contributed by atoms with Crippen LogP contribution in [-0.2, 0) is 9.53 Å². The van der Waals surface area contributed by atoms with Gasteiger partial charge >= 0.3 is 0 Å². The molecule has 0 atom stereocenters. The lowest BCUT2D eigenvalue weighted by Crippen LogP contribution is -2.30. The second-order valence-corrected chi connectivity index (χ2v) is 4.84. The summed E-state index contributed by atoms with van der Waals surface area (Å²) >= 11 is 10.9. The van der Waals surface area contributed by atoms with E-state index in [1.54, 1.807) is 25.3 Å². The molecule has 0 aliphatic carbocycles. The maximum atomic E-state index is 11.5. The molecule has 20 heavy (non-hydrogen) atoms. The third-order valence-corrected chi connectivity index (χ3v) is 2.95. The fourth-order valence-electron chi connectivity index (χ4n) is 1.41. The number of nitrogens with two attached hydrogens (primary N) is 1. The van der Waals surface area contributed by atoms with E-state index < -0.39 is 0 Å². The third-order valence-electron chi connectivity index (χ3n) is 2.42. The van der Waals surface area contributed by atoms with Gasteiger partial charge in [0.15, 0.2) is 6.61 Å². The molecule has 0 heterocycles. The van der Waals surface area contributed by atoms with Gasteiger partial charge < -0.3 is 20.5 Å². The Bertz CT molecular complexity index is 483. The molecule has 0 unspecified atom stereocenters. The highest BCUT2D eigenvalue weighted by molar-refractivity contribution is 7.80. The number of halogens is 1. The first-order valence-electron chi connectivity index (χ1n) is 6.02. The molecule has 0 radical (unpaired) electrons. The Morgan fingerprint density at radius 1 is 1.50 bits per heavy atom. The summed E-state index contributed by atoms with van der Waals surface area (Å²) in [4.78, 5) is 11.8. The van der Waals surface area contributed by atoms with Gasteiger partial charge in [-0.1, -0.05) is 23.8 Å². The fourth-order valence-corrected chi connectivity index (χ4v) is 1.77. The number of hydrogen-bond acceptors (Lipinski definition) is 4. The maximum Gasteiger partial charge on any atom is 0.257 e. The van der Waals surface area contributed by atoms with Crippen LogP contribution in [0, 0.1) is 0 Å². The second kappa shape index (κ2) is 8.73. The van der Waals surface area contributed by atoms with Crippen LogP contribution in [0.25, 0.3) is 0 Å². The Balaban J connectivity index is 2.41.